The van der Waals surface area contributed by atoms with Crippen molar-refractivity contribution in [1.82, 2.24) is 9.88 Å². The van der Waals surface area contributed by atoms with Gasteiger partial charge < -0.3 is 14.4 Å². The molecule has 1 heterocycles. The largest absolute Gasteiger partial charge is 0.486 e. The number of hydrogen-bond acceptors (Lipinski definition) is 5. The first-order chi connectivity index (χ1) is 12.6. The lowest BCUT2D eigenvalue weighted by Gasteiger charge is -2.21. The first-order valence-corrected chi connectivity index (χ1v) is 9.86. The van der Waals surface area contributed by atoms with E-state index in [9.17, 15) is 4.79 Å². The summed E-state index contributed by atoms with van der Waals surface area (Å²) in [6.07, 6.45) is 2.02. The number of carbonyl (C=O) groups is 1. The Kier molecular flexibility index (Phi) is 6.27. The van der Waals surface area contributed by atoms with E-state index in [1.165, 1.54) is 5.56 Å². The van der Waals surface area contributed by atoms with Gasteiger partial charge in [-0.2, -0.15) is 0 Å². The maximum atomic E-state index is 12.4. The molecule has 0 bridgehead atoms. The molecule has 3 rings (SSSR count). The van der Waals surface area contributed by atoms with Gasteiger partial charge >= 0.3 is 0 Å². The van der Waals surface area contributed by atoms with Gasteiger partial charge in [0, 0.05) is 25.0 Å². The van der Waals surface area contributed by atoms with Crippen LogP contribution in [0.5, 0.6) is 5.75 Å². The van der Waals surface area contributed by atoms with E-state index in [2.05, 4.69) is 24.9 Å². The molecule has 6 heteroatoms. The quantitative estimate of drug-likeness (QED) is 0.671. The predicted molar refractivity (Wildman–Crippen MR) is 102 cm³/mol. The van der Waals surface area contributed by atoms with Gasteiger partial charge in [0.25, 0.3) is 0 Å². The summed E-state index contributed by atoms with van der Waals surface area (Å²) >= 11 is 1.58. The number of aryl methyl sites for hydroxylation is 1. The lowest BCUT2D eigenvalue weighted by molar-refractivity contribution is -0.133. The van der Waals surface area contributed by atoms with E-state index in [-0.39, 0.29) is 11.8 Å². The van der Waals surface area contributed by atoms with E-state index in [0.29, 0.717) is 26.3 Å². The summed E-state index contributed by atoms with van der Waals surface area (Å²) in [7, 11) is 1.66. The Balaban J connectivity index is 1.59. The van der Waals surface area contributed by atoms with Gasteiger partial charge in [-0.25, -0.2) is 4.98 Å². The molecule has 0 atom stereocenters. The Bertz CT molecular complexity index is 755. The predicted octanol–water partition coefficient (Wildman–Crippen LogP) is 3.72. The number of hydrogen-bond donors (Lipinski definition) is 0. The lowest BCUT2D eigenvalue weighted by atomic mass is 10.1. The standard InChI is InChI=1S/C20H26N2O3S/c1-14-5-4-6-18(15(14)2)25-12-19-21-17(13-26-19)11-22(9-10-24-3)20(23)16-7-8-16/h4-6,13,16H,7-12H2,1-3H3. The molecule has 1 aliphatic carbocycles. The summed E-state index contributed by atoms with van der Waals surface area (Å²) in [4.78, 5) is 18.9. The van der Waals surface area contributed by atoms with E-state index >= 15 is 0 Å². The SMILES string of the molecule is COCCN(Cc1csc(COc2cccc(C)c2C)n1)C(=O)C1CC1. The average molecular weight is 375 g/mol. The molecule has 1 fully saturated rings. The maximum absolute atomic E-state index is 12.4. The van der Waals surface area contributed by atoms with E-state index in [1.807, 2.05) is 22.4 Å². The molecule has 0 N–H and O–H groups in total. The monoisotopic (exact) mass is 374 g/mol. The van der Waals surface area contributed by atoms with Crippen molar-refractivity contribution in [3.8, 4) is 5.75 Å². The van der Waals surface area contributed by atoms with Gasteiger partial charge in [-0.1, -0.05) is 12.1 Å². The highest BCUT2D eigenvalue weighted by molar-refractivity contribution is 7.09. The van der Waals surface area contributed by atoms with E-state index in [1.54, 1.807) is 18.4 Å². The van der Waals surface area contributed by atoms with Gasteiger partial charge in [-0.05, 0) is 43.9 Å². The van der Waals surface area contributed by atoms with Crippen LogP contribution in [0.4, 0.5) is 0 Å². The Morgan fingerprint density at radius 2 is 2.15 bits per heavy atom. The van der Waals surface area contributed by atoms with Crippen molar-refractivity contribution in [3.63, 3.8) is 0 Å². The molecular formula is C20H26N2O3S. The summed E-state index contributed by atoms with van der Waals surface area (Å²) in [5.74, 6) is 1.33. The molecule has 140 valence electrons. The molecular weight excluding hydrogens is 348 g/mol. The summed E-state index contributed by atoms with van der Waals surface area (Å²) < 4.78 is 11.1. The van der Waals surface area contributed by atoms with E-state index < -0.39 is 0 Å². The third kappa shape index (κ3) is 4.83. The van der Waals surface area contributed by atoms with Crippen molar-refractivity contribution in [2.45, 2.75) is 39.8 Å². The molecule has 1 saturated carbocycles. The second kappa shape index (κ2) is 8.64. The van der Waals surface area contributed by atoms with Crippen LogP contribution in [0.15, 0.2) is 23.6 Å². The molecule has 0 saturated heterocycles. The van der Waals surface area contributed by atoms with Crippen LogP contribution >= 0.6 is 11.3 Å². The number of carbonyl (C=O) groups excluding carboxylic acids is 1. The number of benzene rings is 1. The fourth-order valence-corrected chi connectivity index (χ4v) is 3.46. The van der Waals surface area contributed by atoms with Gasteiger partial charge in [0.15, 0.2) is 0 Å². The minimum Gasteiger partial charge on any atom is -0.486 e. The number of methoxy groups -OCH3 is 1. The fraction of sp³-hybridized carbons (Fsp3) is 0.500. The first kappa shape index (κ1) is 18.9. The highest BCUT2D eigenvalue weighted by atomic mass is 32.1. The molecule has 0 unspecified atom stereocenters. The molecule has 0 spiro atoms. The van der Waals surface area contributed by atoms with Crippen LogP contribution in [0, 0.1) is 19.8 Å². The van der Waals surface area contributed by atoms with E-state index in [4.69, 9.17) is 9.47 Å². The van der Waals surface area contributed by atoms with E-state index in [0.717, 1.165) is 34.9 Å². The second-order valence-corrected chi connectivity index (χ2v) is 7.69. The zero-order chi connectivity index (χ0) is 18.5. The molecule has 26 heavy (non-hydrogen) atoms. The smallest absolute Gasteiger partial charge is 0.226 e. The Morgan fingerprint density at radius 1 is 1.35 bits per heavy atom. The highest BCUT2D eigenvalue weighted by Crippen LogP contribution is 2.31. The zero-order valence-corrected chi connectivity index (χ0v) is 16.5. The van der Waals surface area contributed by atoms with Crippen molar-refractivity contribution in [3.05, 3.63) is 45.4 Å². The topological polar surface area (TPSA) is 51.7 Å². The number of nitrogens with zero attached hydrogens (tertiary/aromatic N) is 2. The number of thiazole rings is 1. The molecule has 1 aromatic heterocycles. The zero-order valence-electron chi connectivity index (χ0n) is 15.7. The molecule has 0 radical (unpaired) electrons. The second-order valence-electron chi connectivity index (χ2n) is 6.75. The van der Waals surface area contributed by atoms with Crippen LogP contribution in [-0.4, -0.2) is 36.1 Å². The Morgan fingerprint density at radius 3 is 2.88 bits per heavy atom. The number of amides is 1. The number of ether oxygens (including phenoxy) is 2. The normalized spacial score (nSPS) is 13.7. The molecule has 1 aromatic carbocycles. The van der Waals surface area contributed by atoms with Crippen LogP contribution in [0.2, 0.25) is 0 Å². The minimum atomic E-state index is 0.206. The molecule has 1 aliphatic rings. The number of rotatable bonds is 9. The van der Waals surface area contributed by atoms with Crippen molar-refractivity contribution in [2.75, 3.05) is 20.3 Å². The van der Waals surface area contributed by atoms with Crippen LogP contribution in [0.3, 0.4) is 0 Å². The average Bonchev–Trinajstić information content (AvgIpc) is 3.39. The summed E-state index contributed by atoms with van der Waals surface area (Å²) in [6, 6.07) is 6.06. The molecule has 2 aromatic rings. The van der Waals surface area contributed by atoms with Gasteiger partial charge in [0.1, 0.15) is 17.4 Å². The van der Waals surface area contributed by atoms with Crippen LogP contribution in [0.25, 0.3) is 0 Å². The van der Waals surface area contributed by atoms with Gasteiger partial charge in [0.05, 0.1) is 18.8 Å². The molecule has 1 amide bonds. The Labute approximate surface area is 159 Å². The van der Waals surface area contributed by atoms with Gasteiger partial charge in [-0.15, -0.1) is 11.3 Å². The van der Waals surface area contributed by atoms with Crippen LogP contribution in [0.1, 0.15) is 34.7 Å². The van der Waals surface area contributed by atoms with Crippen molar-refractivity contribution in [1.29, 1.82) is 0 Å². The lowest BCUT2D eigenvalue weighted by Crippen LogP contribution is -2.34. The van der Waals surface area contributed by atoms with Gasteiger partial charge in [-0.3, -0.25) is 4.79 Å². The Hall–Kier alpha value is -1.92. The van der Waals surface area contributed by atoms with Crippen LogP contribution in [-0.2, 0) is 22.7 Å². The summed E-state index contributed by atoms with van der Waals surface area (Å²) in [6.45, 7) is 6.29. The van der Waals surface area contributed by atoms with Crippen molar-refractivity contribution in [2.24, 2.45) is 5.92 Å². The first-order valence-electron chi connectivity index (χ1n) is 8.98. The van der Waals surface area contributed by atoms with Crippen molar-refractivity contribution >= 4 is 17.2 Å². The van der Waals surface area contributed by atoms with Crippen molar-refractivity contribution < 1.29 is 14.3 Å². The minimum absolute atomic E-state index is 0.206. The third-order valence-corrected chi connectivity index (χ3v) is 5.53. The van der Waals surface area contributed by atoms with Gasteiger partial charge in [0.2, 0.25) is 5.91 Å². The summed E-state index contributed by atoms with van der Waals surface area (Å²) in [5, 5.41) is 2.94. The molecule has 0 aliphatic heterocycles. The molecule has 5 nitrogen and oxygen atoms in total. The number of aromatic nitrogens is 1. The van der Waals surface area contributed by atoms with Crippen LogP contribution < -0.4 is 4.74 Å². The highest BCUT2D eigenvalue weighted by Gasteiger charge is 2.33. The fourth-order valence-electron chi connectivity index (χ4n) is 2.76. The maximum Gasteiger partial charge on any atom is 0.226 e. The summed E-state index contributed by atoms with van der Waals surface area (Å²) in [5.41, 5.74) is 3.29. The third-order valence-electron chi connectivity index (χ3n) is 4.66.